The Bertz CT molecular complexity index is 516. The first-order valence-electron chi connectivity index (χ1n) is 9.45. The van der Waals surface area contributed by atoms with Gasteiger partial charge in [-0.1, -0.05) is 26.0 Å². The van der Waals surface area contributed by atoms with E-state index in [-0.39, 0.29) is 12.5 Å². The van der Waals surface area contributed by atoms with Crippen molar-refractivity contribution in [2.45, 2.75) is 32.6 Å². The van der Waals surface area contributed by atoms with E-state index < -0.39 is 0 Å². The molecule has 1 amide bonds. The fourth-order valence-electron chi connectivity index (χ4n) is 3.00. The molecule has 5 nitrogen and oxygen atoms in total. The summed E-state index contributed by atoms with van der Waals surface area (Å²) in [7, 11) is 2.18. The molecule has 1 aromatic carbocycles. The zero-order valence-corrected chi connectivity index (χ0v) is 16.0. The zero-order chi connectivity index (χ0) is 18.1. The normalized spacial score (nSPS) is 16.6. The van der Waals surface area contributed by atoms with Crippen LogP contribution in [0.4, 0.5) is 0 Å². The van der Waals surface area contributed by atoms with Crippen LogP contribution >= 0.6 is 0 Å². The van der Waals surface area contributed by atoms with Crippen molar-refractivity contribution in [3.8, 4) is 5.75 Å². The van der Waals surface area contributed by atoms with Gasteiger partial charge in [0.2, 0.25) is 0 Å². The van der Waals surface area contributed by atoms with E-state index in [1.807, 2.05) is 12.1 Å². The Hall–Kier alpha value is -1.59. The molecule has 5 heteroatoms. The fourth-order valence-corrected chi connectivity index (χ4v) is 3.00. The van der Waals surface area contributed by atoms with Crippen LogP contribution in [0.25, 0.3) is 0 Å². The Kier molecular flexibility index (Phi) is 8.22. The molecule has 0 bridgehead atoms. The van der Waals surface area contributed by atoms with Gasteiger partial charge >= 0.3 is 0 Å². The lowest BCUT2D eigenvalue weighted by Crippen LogP contribution is -2.34. The third-order valence-electron chi connectivity index (χ3n) is 4.70. The molecule has 140 valence electrons. The highest BCUT2D eigenvalue weighted by Gasteiger charge is 2.11. The minimum Gasteiger partial charge on any atom is -0.484 e. The Morgan fingerprint density at radius 2 is 1.92 bits per heavy atom. The van der Waals surface area contributed by atoms with Crippen molar-refractivity contribution in [3.63, 3.8) is 0 Å². The van der Waals surface area contributed by atoms with Crippen LogP contribution in [0.15, 0.2) is 24.3 Å². The van der Waals surface area contributed by atoms with Crippen molar-refractivity contribution in [1.29, 1.82) is 0 Å². The second kappa shape index (κ2) is 10.4. The number of carbonyl (C=O) groups excluding carboxylic acids is 1. The third kappa shape index (κ3) is 7.45. The quantitative estimate of drug-likeness (QED) is 0.733. The van der Waals surface area contributed by atoms with Crippen LogP contribution in [0, 0.1) is 0 Å². The predicted octanol–water partition coefficient (Wildman–Crippen LogP) is 2.33. The summed E-state index contributed by atoms with van der Waals surface area (Å²) in [6.45, 7) is 10.8. The van der Waals surface area contributed by atoms with Crippen LogP contribution in [-0.2, 0) is 4.79 Å². The summed E-state index contributed by atoms with van der Waals surface area (Å²) < 4.78 is 5.55. The van der Waals surface area contributed by atoms with Gasteiger partial charge in [-0.2, -0.15) is 0 Å². The Balaban J connectivity index is 1.57. The van der Waals surface area contributed by atoms with Gasteiger partial charge in [-0.25, -0.2) is 0 Å². The molecule has 1 fully saturated rings. The number of nitrogens with zero attached hydrogens (tertiary/aromatic N) is 2. The summed E-state index contributed by atoms with van der Waals surface area (Å²) in [4.78, 5) is 16.8. The first kappa shape index (κ1) is 19.7. The minimum absolute atomic E-state index is 0.0523. The molecular formula is C20H33N3O2. The molecule has 1 saturated heterocycles. The molecular weight excluding hydrogens is 314 g/mol. The number of amides is 1. The summed E-state index contributed by atoms with van der Waals surface area (Å²) in [6.07, 6.45) is 2.21. The zero-order valence-electron chi connectivity index (χ0n) is 16.0. The third-order valence-corrected chi connectivity index (χ3v) is 4.70. The molecule has 1 N–H and O–H groups in total. The minimum atomic E-state index is -0.0523. The highest BCUT2D eigenvalue weighted by molar-refractivity contribution is 5.77. The van der Waals surface area contributed by atoms with E-state index in [4.69, 9.17) is 4.74 Å². The fraction of sp³-hybridized carbons (Fsp3) is 0.650. The van der Waals surface area contributed by atoms with Gasteiger partial charge in [0.1, 0.15) is 5.75 Å². The molecule has 0 saturated carbocycles. The maximum atomic E-state index is 11.9. The average Bonchev–Trinajstić information content (AvgIpc) is 2.81. The summed E-state index contributed by atoms with van der Waals surface area (Å²) in [5.74, 6) is 1.19. The first-order valence-corrected chi connectivity index (χ1v) is 9.45. The Morgan fingerprint density at radius 3 is 2.64 bits per heavy atom. The predicted molar refractivity (Wildman–Crippen MR) is 102 cm³/mol. The Labute approximate surface area is 152 Å². The SMILES string of the molecule is CC(C)c1ccc(OCC(=O)NCCCN2CCCN(C)CC2)cc1. The van der Waals surface area contributed by atoms with Gasteiger partial charge in [0, 0.05) is 19.6 Å². The summed E-state index contributed by atoms with van der Waals surface area (Å²) in [6, 6.07) is 7.96. The maximum absolute atomic E-state index is 11.9. The van der Waals surface area contributed by atoms with E-state index >= 15 is 0 Å². The number of likely N-dealkylation sites (N-methyl/N-ethyl adjacent to an activating group) is 1. The molecule has 25 heavy (non-hydrogen) atoms. The van der Waals surface area contributed by atoms with Crippen LogP contribution in [-0.4, -0.2) is 68.6 Å². The van der Waals surface area contributed by atoms with E-state index in [1.54, 1.807) is 0 Å². The van der Waals surface area contributed by atoms with Crippen molar-refractivity contribution in [3.05, 3.63) is 29.8 Å². The van der Waals surface area contributed by atoms with E-state index in [2.05, 4.69) is 48.1 Å². The molecule has 0 atom stereocenters. The van der Waals surface area contributed by atoms with E-state index in [9.17, 15) is 4.79 Å². The van der Waals surface area contributed by atoms with Crippen molar-refractivity contribution < 1.29 is 9.53 Å². The van der Waals surface area contributed by atoms with Crippen molar-refractivity contribution in [2.75, 3.05) is 52.9 Å². The Morgan fingerprint density at radius 1 is 1.16 bits per heavy atom. The van der Waals surface area contributed by atoms with Crippen molar-refractivity contribution in [2.24, 2.45) is 0 Å². The molecule has 1 aliphatic heterocycles. The average molecular weight is 348 g/mol. The van der Waals surface area contributed by atoms with E-state index in [0.29, 0.717) is 12.5 Å². The van der Waals surface area contributed by atoms with Crippen LogP contribution in [0.3, 0.4) is 0 Å². The van der Waals surface area contributed by atoms with E-state index in [1.165, 1.54) is 18.5 Å². The van der Waals surface area contributed by atoms with Gasteiger partial charge in [0.25, 0.3) is 5.91 Å². The number of ether oxygens (including phenoxy) is 1. The lowest BCUT2D eigenvalue weighted by Gasteiger charge is -2.19. The van der Waals surface area contributed by atoms with Crippen LogP contribution in [0.1, 0.15) is 38.2 Å². The van der Waals surface area contributed by atoms with Gasteiger partial charge in [-0.3, -0.25) is 4.79 Å². The number of hydrogen-bond donors (Lipinski definition) is 1. The molecule has 0 spiro atoms. The molecule has 0 unspecified atom stereocenters. The second-order valence-electron chi connectivity index (χ2n) is 7.21. The number of benzene rings is 1. The smallest absolute Gasteiger partial charge is 0.257 e. The number of nitrogens with one attached hydrogen (secondary N) is 1. The lowest BCUT2D eigenvalue weighted by atomic mass is 10.0. The topological polar surface area (TPSA) is 44.8 Å². The number of hydrogen-bond acceptors (Lipinski definition) is 4. The number of rotatable bonds is 8. The molecule has 0 aliphatic carbocycles. The first-order chi connectivity index (χ1) is 12.0. The standard InChI is InChI=1S/C20H33N3O2/c1-17(2)18-6-8-19(9-7-18)25-16-20(24)21-10-4-12-23-13-5-11-22(3)14-15-23/h6-9,17H,4-5,10-16H2,1-3H3,(H,21,24). The summed E-state index contributed by atoms with van der Waals surface area (Å²) >= 11 is 0. The second-order valence-corrected chi connectivity index (χ2v) is 7.21. The molecule has 1 aliphatic rings. The summed E-state index contributed by atoms with van der Waals surface area (Å²) in [5, 5.41) is 2.95. The maximum Gasteiger partial charge on any atom is 0.257 e. The van der Waals surface area contributed by atoms with Crippen molar-refractivity contribution in [1.82, 2.24) is 15.1 Å². The van der Waals surface area contributed by atoms with Gasteiger partial charge in [-0.05, 0) is 63.1 Å². The van der Waals surface area contributed by atoms with Crippen LogP contribution < -0.4 is 10.1 Å². The van der Waals surface area contributed by atoms with Gasteiger partial charge in [-0.15, -0.1) is 0 Å². The van der Waals surface area contributed by atoms with Crippen molar-refractivity contribution >= 4 is 5.91 Å². The van der Waals surface area contributed by atoms with Gasteiger partial charge < -0.3 is 19.9 Å². The van der Waals surface area contributed by atoms with Gasteiger partial charge in [0.15, 0.2) is 6.61 Å². The largest absolute Gasteiger partial charge is 0.484 e. The highest BCUT2D eigenvalue weighted by Crippen LogP contribution is 2.18. The van der Waals surface area contributed by atoms with Gasteiger partial charge in [0.05, 0.1) is 0 Å². The molecule has 0 radical (unpaired) electrons. The van der Waals surface area contributed by atoms with Crippen LogP contribution in [0.5, 0.6) is 5.75 Å². The highest BCUT2D eigenvalue weighted by atomic mass is 16.5. The molecule has 2 rings (SSSR count). The molecule has 1 heterocycles. The molecule has 1 aromatic rings. The summed E-state index contributed by atoms with van der Waals surface area (Å²) in [5.41, 5.74) is 1.27. The van der Waals surface area contributed by atoms with E-state index in [0.717, 1.165) is 38.3 Å². The monoisotopic (exact) mass is 347 g/mol. The number of carbonyl (C=O) groups is 1. The lowest BCUT2D eigenvalue weighted by molar-refractivity contribution is -0.123. The van der Waals surface area contributed by atoms with Crippen LogP contribution in [0.2, 0.25) is 0 Å². The molecule has 0 aromatic heterocycles.